The first-order valence-corrected chi connectivity index (χ1v) is 14.0. The van der Waals surface area contributed by atoms with Gasteiger partial charge in [-0.1, -0.05) is 38.1 Å². The van der Waals surface area contributed by atoms with Crippen molar-refractivity contribution in [2.24, 2.45) is 0 Å². The maximum atomic E-state index is 13.9. The van der Waals surface area contributed by atoms with E-state index >= 15 is 0 Å². The van der Waals surface area contributed by atoms with Gasteiger partial charge in [0.2, 0.25) is 0 Å². The summed E-state index contributed by atoms with van der Waals surface area (Å²) in [6, 6.07) is 17.1. The molecule has 0 saturated carbocycles. The molecule has 11 heteroatoms. The SMILES string of the molecule is CCC(C)SP(=O)(Oc1ccc(C(F)(F)F)cc1)Oc1ccc([N+](=O)[O-])c2cc3ccccc3cc12. The molecule has 4 rings (SSSR count). The Morgan fingerprint density at radius 2 is 1.58 bits per heavy atom. The number of rotatable bonds is 8. The number of nitro benzene ring substituents is 1. The topological polar surface area (TPSA) is 78.7 Å². The van der Waals surface area contributed by atoms with E-state index in [1.165, 1.54) is 12.1 Å². The number of hydrogen-bond acceptors (Lipinski definition) is 6. The van der Waals surface area contributed by atoms with E-state index in [1.54, 1.807) is 12.1 Å². The second-order valence-electron chi connectivity index (χ2n) is 8.06. The molecule has 0 N–H and O–H groups in total. The Kier molecular flexibility index (Phi) is 7.20. The van der Waals surface area contributed by atoms with Crippen LogP contribution in [0.2, 0.25) is 0 Å². The fraction of sp³-hybridized carbons (Fsp3) is 0.200. The minimum atomic E-state index is -4.52. The summed E-state index contributed by atoms with van der Waals surface area (Å²) in [5, 5.41) is 13.7. The zero-order valence-corrected chi connectivity index (χ0v) is 20.9. The minimum absolute atomic E-state index is 0.0567. The quantitative estimate of drug-likeness (QED) is 0.0969. The number of alkyl halides is 3. The van der Waals surface area contributed by atoms with Crippen molar-refractivity contribution in [2.75, 3.05) is 0 Å². The Morgan fingerprint density at radius 1 is 0.972 bits per heavy atom. The van der Waals surface area contributed by atoms with E-state index < -0.39 is 23.5 Å². The lowest BCUT2D eigenvalue weighted by Crippen LogP contribution is -2.05. The Labute approximate surface area is 208 Å². The largest absolute Gasteiger partial charge is 0.493 e. The van der Waals surface area contributed by atoms with Crippen molar-refractivity contribution < 1.29 is 31.7 Å². The predicted molar refractivity (Wildman–Crippen MR) is 136 cm³/mol. The van der Waals surface area contributed by atoms with Crippen molar-refractivity contribution in [2.45, 2.75) is 31.7 Å². The highest BCUT2D eigenvalue weighted by Gasteiger charge is 2.34. The Balaban J connectivity index is 1.79. The van der Waals surface area contributed by atoms with Gasteiger partial charge in [-0.25, -0.2) is 4.57 Å². The van der Waals surface area contributed by atoms with Crippen molar-refractivity contribution >= 4 is 45.4 Å². The summed E-state index contributed by atoms with van der Waals surface area (Å²) >= 11 is 0.924. The number of non-ortho nitro benzene ring substituents is 1. The lowest BCUT2D eigenvalue weighted by atomic mass is 10.0. The lowest BCUT2D eigenvalue weighted by Gasteiger charge is -2.22. The molecule has 4 aromatic carbocycles. The van der Waals surface area contributed by atoms with Crippen molar-refractivity contribution in [1.29, 1.82) is 0 Å². The van der Waals surface area contributed by atoms with Crippen LogP contribution < -0.4 is 9.05 Å². The summed E-state index contributed by atoms with van der Waals surface area (Å²) in [5.74, 6) is 0.0474. The van der Waals surface area contributed by atoms with Crippen LogP contribution in [0.5, 0.6) is 11.5 Å². The molecule has 2 unspecified atom stereocenters. The van der Waals surface area contributed by atoms with Crippen molar-refractivity contribution in [3.8, 4) is 11.5 Å². The maximum Gasteiger partial charge on any atom is 0.493 e. The van der Waals surface area contributed by atoms with Crippen LogP contribution in [0.25, 0.3) is 21.5 Å². The molecule has 0 fully saturated rings. The summed E-state index contributed by atoms with van der Waals surface area (Å²) in [6.45, 7) is -0.329. The summed E-state index contributed by atoms with van der Waals surface area (Å²) in [7, 11) is 0. The van der Waals surface area contributed by atoms with Crippen LogP contribution in [-0.4, -0.2) is 10.2 Å². The summed E-state index contributed by atoms with van der Waals surface area (Å²) in [5.41, 5.74) is -1.01. The van der Waals surface area contributed by atoms with Crippen molar-refractivity contribution in [1.82, 2.24) is 0 Å². The fourth-order valence-corrected chi connectivity index (χ4v) is 7.56. The third kappa shape index (κ3) is 5.60. The van der Waals surface area contributed by atoms with Gasteiger partial charge in [-0.15, -0.1) is 0 Å². The van der Waals surface area contributed by atoms with Crippen LogP contribution in [0.1, 0.15) is 25.8 Å². The summed E-state index contributed by atoms with van der Waals surface area (Å²) in [6.07, 6.45) is -3.90. The minimum Gasteiger partial charge on any atom is -0.408 e. The standard InChI is InChI=1S/C25H21F3NO5PS/c1-3-16(2)36-35(32,33-20-10-8-19(9-11-20)25(26,27)28)34-24-13-12-23(29(30)31)21-14-17-6-4-5-7-18(17)15-22(21)24/h4-16H,3H2,1-2H3. The summed E-state index contributed by atoms with van der Waals surface area (Å²) < 4.78 is 64.3. The molecule has 0 heterocycles. The maximum absolute atomic E-state index is 13.9. The summed E-state index contributed by atoms with van der Waals surface area (Å²) in [4.78, 5) is 11.2. The Hall–Kier alpha value is -3.23. The van der Waals surface area contributed by atoms with E-state index in [1.807, 2.05) is 38.1 Å². The lowest BCUT2D eigenvalue weighted by molar-refractivity contribution is -0.383. The van der Waals surface area contributed by atoms with Gasteiger partial charge in [-0.3, -0.25) is 10.1 Å². The molecule has 0 bridgehead atoms. The first kappa shape index (κ1) is 25.9. The first-order valence-electron chi connectivity index (χ1n) is 10.9. The second kappa shape index (κ2) is 10.0. The molecule has 0 amide bonds. The molecule has 0 spiro atoms. The Bertz CT molecular complexity index is 1480. The number of nitro groups is 1. The van der Waals surface area contributed by atoms with Crippen LogP contribution in [-0.2, 0) is 10.7 Å². The van der Waals surface area contributed by atoms with E-state index in [4.69, 9.17) is 9.05 Å². The van der Waals surface area contributed by atoms with Gasteiger partial charge < -0.3 is 9.05 Å². The van der Waals surface area contributed by atoms with Crippen LogP contribution in [0.3, 0.4) is 0 Å². The molecule has 188 valence electrons. The van der Waals surface area contributed by atoms with E-state index in [9.17, 15) is 27.9 Å². The van der Waals surface area contributed by atoms with Gasteiger partial charge in [0.1, 0.15) is 11.5 Å². The molecule has 6 nitrogen and oxygen atoms in total. The number of hydrogen-bond donors (Lipinski definition) is 0. The van der Waals surface area contributed by atoms with Gasteiger partial charge in [-0.2, -0.15) is 13.2 Å². The van der Waals surface area contributed by atoms with Gasteiger partial charge in [0, 0.05) is 16.7 Å². The third-order valence-electron chi connectivity index (χ3n) is 5.51. The second-order valence-corrected chi connectivity index (χ2v) is 12.3. The first-order chi connectivity index (χ1) is 17.0. The highest BCUT2D eigenvalue weighted by Crippen LogP contribution is 2.62. The number of nitrogens with zero attached hydrogens (tertiary/aromatic N) is 1. The molecule has 0 radical (unpaired) electrons. The smallest absolute Gasteiger partial charge is 0.408 e. The molecule has 4 aromatic rings. The molecule has 0 aromatic heterocycles. The van der Waals surface area contributed by atoms with E-state index in [0.29, 0.717) is 17.2 Å². The molecular weight excluding hydrogens is 514 g/mol. The van der Waals surface area contributed by atoms with Gasteiger partial charge in [0.15, 0.2) is 0 Å². The highest BCUT2D eigenvalue weighted by molar-refractivity contribution is 8.55. The van der Waals surface area contributed by atoms with Crippen molar-refractivity contribution in [3.05, 3.63) is 88.5 Å². The van der Waals surface area contributed by atoms with E-state index in [0.717, 1.165) is 46.4 Å². The molecule has 0 aliphatic carbocycles. The number of halogens is 3. The molecular formula is C25H21F3NO5PS. The zero-order chi connectivity index (χ0) is 26.1. The number of fused-ring (bicyclic) bond motifs is 2. The zero-order valence-electron chi connectivity index (χ0n) is 19.2. The molecule has 0 aliphatic rings. The van der Waals surface area contributed by atoms with Crippen molar-refractivity contribution in [3.63, 3.8) is 0 Å². The number of benzene rings is 4. The van der Waals surface area contributed by atoms with Gasteiger partial charge in [0.25, 0.3) is 5.69 Å². The highest BCUT2D eigenvalue weighted by atomic mass is 32.7. The molecule has 2 atom stereocenters. The van der Waals surface area contributed by atoms with Crippen LogP contribution in [0.4, 0.5) is 18.9 Å². The fourth-order valence-electron chi connectivity index (χ4n) is 3.54. The van der Waals surface area contributed by atoms with Gasteiger partial charge in [-0.05, 0) is 71.0 Å². The predicted octanol–water partition coefficient (Wildman–Crippen LogP) is 9.02. The van der Waals surface area contributed by atoms with Crippen LogP contribution in [0.15, 0.2) is 72.8 Å². The average Bonchev–Trinajstić information content (AvgIpc) is 2.82. The van der Waals surface area contributed by atoms with E-state index in [2.05, 4.69) is 0 Å². The monoisotopic (exact) mass is 535 g/mol. The molecule has 0 aliphatic heterocycles. The average molecular weight is 535 g/mol. The normalized spacial score (nSPS) is 14.4. The molecule has 0 saturated heterocycles. The van der Waals surface area contributed by atoms with Crippen LogP contribution in [0, 0.1) is 10.1 Å². The Morgan fingerprint density at radius 3 is 2.14 bits per heavy atom. The molecule has 36 heavy (non-hydrogen) atoms. The van der Waals surface area contributed by atoms with Gasteiger partial charge >= 0.3 is 13.0 Å². The van der Waals surface area contributed by atoms with Gasteiger partial charge in [0.05, 0.1) is 15.9 Å². The van der Waals surface area contributed by atoms with Crippen LogP contribution >= 0.6 is 18.2 Å². The third-order valence-corrected chi connectivity index (χ3v) is 9.62. The van der Waals surface area contributed by atoms with E-state index in [-0.39, 0.29) is 22.4 Å².